The highest BCUT2D eigenvalue weighted by Crippen LogP contribution is 2.28. The molecule has 0 fully saturated rings. The molecule has 0 unspecified atom stereocenters. The molecule has 0 radical (unpaired) electrons. The van der Waals surface area contributed by atoms with E-state index >= 15 is 0 Å². The predicted octanol–water partition coefficient (Wildman–Crippen LogP) is 5.07. The Morgan fingerprint density at radius 1 is 1.04 bits per heavy atom. The van der Waals surface area contributed by atoms with Gasteiger partial charge in [-0.3, -0.25) is 9.59 Å². The highest BCUT2D eigenvalue weighted by Gasteiger charge is 2.16. The fourth-order valence-electron chi connectivity index (χ4n) is 1.90. The first-order valence-corrected chi connectivity index (χ1v) is 8.79. The molecule has 24 heavy (non-hydrogen) atoms. The SMILES string of the molecule is CC(=O)Nc1ccc(S[C@H](C)C(=O)Nc2ccc(Cl)cc2Cl)cc1. The number of thioether (sulfide) groups is 1. The molecule has 0 aromatic heterocycles. The van der Waals surface area contributed by atoms with Crippen LogP contribution in [-0.4, -0.2) is 17.1 Å². The van der Waals surface area contributed by atoms with Gasteiger partial charge in [0.2, 0.25) is 11.8 Å². The van der Waals surface area contributed by atoms with E-state index in [1.54, 1.807) is 30.3 Å². The van der Waals surface area contributed by atoms with Crippen molar-refractivity contribution in [2.75, 3.05) is 10.6 Å². The second-order valence-corrected chi connectivity index (χ2v) is 7.34. The largest absolute Gasteiger partial charge is 0.326 e. The maximum atomic E-state index is 12.3. The van der Waals surface area contributed by atoms with Crippen LogP contribution >= 0.6 is 35.0 Å². The first-order chi connectivity index (χ1) is 11.3. The maximum absolute atomic E-state index is 12.3. The molecule has 4 nitrogen and oxygen atoms in total. The Balaban J connectivity index is 1.97. The Hall–Kier alpha value is -1.69. The zero-order valence-electron chi connectivity index (χ0n) is 13.1. The Kier molecular flexibility index (Phi) is 6.54. The summed E-state index contributed by atoms with van der Waals surface area (Å²) in [6.07, 6.45) is 0. The summed E-state index contributed by atoms with van der Waals surface area (Å²) in [5.41, 5.74) is 1.25. The number of amides is 2. The number of benzene rings is 2. The summed E-state index contributed by atoms with van der Waals surface area (Å²) in [5.74, 6) is -0.279. The second-order valence-electron chi connectivity index (χ2n) is 5.08. The van der Waals surface area contributed by atoms with Crippen molar-refractivity contribution >= 4 is 58.2 Å². The van der Waals surface area contributed by atoms with Gasteiger partial charge >= 0.3 is 0 Å². The van der Waals surface area contributed by atoms with E-state index in [0.29, 0.717) is 15.7 Å². The van der Waals surface area contributed by atoms with Crippen molar-refractivity contribution in [2.45, 2.75) is 24.0 Å². The van der Waals surface area contributed by atoms with Crippen molar-refractivity contribution < 1.29 is 9.59 Å². The molecule has 0 aliphatic carbocycles. The predicted molar refractivity (Wildman–Crippen MR) is 101 cm³/mol. The van der Waals surface area contributed by atoms with Crippen LogP contribution in [0.1, 0.15) is 13.8 Å². The Bertz CT molecular complexity index is 751. The van der Waals surface area contributed by atoms with Crippen molar-refractivity contribution in [3.05, 3.63) is 52.5 Å². The Morgan fingerprint density at radius 3 is 2.29 bits per heavy atom. The molecule has 0 aliphatic heterocycles. The molecule has 2 aromatic rings. The summed E-state index contributed by atoms with van der Waals surface area (Å²) >= 11 is 13.3. The van der Waals surface area contributed by atoms with E-state index in [0.717, 1.165) is 10.6 Å². The molecule has 1 atom stereocenters. The number of hydrogen-bond acceptors (Lipinski definition) is 3. The summed E-state index contributed by atoms with van der Waals surface area (Å²) in [4.78, 5) is 24.2. The van der Waals surface area contributed by atoms with Crippen LogP contribution in [0.15, 0.2) is 47.4 Å². The first kappa shape index (κ1) is 18.6. The third kappa shape index (κ3) is 5.44. The van der Waals surface area contributed by atoms with Gasteiger partial charge in [0, 0.05) is 22.5 Å². The van der Waals surface area contributed by atoms with Gasteiger partial charge in [0.05, 0.1) is 16.0 Å². The Morgan fingerprint density at radius 2 is 1.71 bits per heavy atom. The van der Waals surface area contributed by atoms with E-state index in [9.17, 15) is 9.59 Å². The number of rotatable bonds is 5. The standard InChI is InChI=1S/C17H16Cl2N2O2S/c1-10(17(23)21-16-8-3-12(18)9-15(16)19)24-14-6-4-13(5-7-14)20-11(2)22/h3-10H,1-2H3,(H,20,22)(H,21,23)/t10-/m1/s1. The van der Waals surface area contributed by atoms with Gasteiger partial charge in [-0.25, -0.2) is 0 Å². The highest BCUT2D eigenvalue weighted by atomic mass is 35.5. The topological polar surface area (TPSA) is 58.2 Å². The summed E-state index contributed by atoms with van der Waals surface area (Å²) in [6, 6.07) is 12.2. The lowest BCUT2D eigenvalue weighted by Gasteiger charge is -2.13. The molecule has 2 rings (SSSR count). The summed E-state index contributed by atoms with van der Waals surface area (Å²) < 4.78 is 0. The number of hydrogen-bond donors (Lipinski definition) is 2. The molecule has 7 heteroatoms. The lowest BCUT2D eigenvalue weighted by atomic mass is 10.3. The van der Waals surface area contributed by atoms with Gasteiger partial charge in [0.25, 0.3) is 0 Å². The minimum Gasteiger partial charge on any atom is -0.326 e. The van der Waals surface area contributed by atoms with E-state index in [-0.39, 0.29) is 17.1 Å². The monoisotopic (exact) mass is 382 g/mol. The maximum Gasteiger partial charge on any atom is 0.237 e. The Labute approximate surface area is 154 Å². The van der Waals surface area contributed by atoms with Gasteiger partial charge in [-0.2, -0.15) is 0 Å². The molecule has 0 bridgehead atoms. The van der Waals surface area contributed by atoms with Gasteiger partial charge in [-0.15, -0.1) is 11.8 Å². The van der Waals surface area contributed by atoms with Crippen molar-refractivity contribution in [1.29, 1.82) is 0 Å². The van der Waals surface area contributed by atoms with E-state index in [1.807, 2.05) is 19.1 Å². The van der Waals surface area contributed by atoms with E-state index in [2.05, 4.69) is 10.6 Å². The van der Waals surface area contributed by atoms with Gasteiger partial charge in [0.15, 0.2) is 0 Å². The molecule has 0 spiro atoms. The molecule has 0 saturated heterocycles. The average Bonchev–Trinajstić information content (AvgIpc) is 2.51. The number of nitrogens with one attached hydrogen (secondary N) is 2. The zero-order valence-corrected chi connectivity index (χ0v) is 15.4. The van der Waals surface area contributed by atoms with Gasteiger partial charge in [-0.1, -0.05) is 23.2 Å². The van der Waals surface area contributed by atoms with E-state index < -0.39 is 0 Å². The van der Waals surface area contributed by atoms with Crippen LogP contribution in [-0.2, 0) is 9.59 Å². The smallest absolute Gasteiger partial charge is 0.237 e. The number of anilines is 2. The van der Waals surface area contributed by atoms with Crippen molar-refractivity contribution in [2.24, 2.45) is 0 Å². The van der Waals surface area contributed by atoms with Crippen LogP contribution in [0.2, 0.25) is 10.0 Å². The molecule has 0 aliphatic rings. The van der Waals surface area contributed by atoms with Crippen LogP contribution in [0.3, 0.4) is 0 Å². The first-order valence-electron chi connectivity index (χ1n) is 7.15. The van der Waals surface area contributed by atoms with Crippen LogP contribution < -0.4 is 10.6 Å². The molecule has 0 saturated carbocycles. The summed E-state index contributed by atoms with van der Waals surface area (Å²) in [6.45, 7) is 3.27. The third-order valence-corrected chi connectivity index (χ3v) is 4.71. The van der Waals surface area contributed by atoms with Crippen molar-refractivity contribution in [3.8, 4) is 0 Å². The van der Waals surface area contributed by atoms with Crippen LogP contribution in [0.5, 0.6) is 0 Å². The number of carbonyl (C=O) groups is 2. The molecule has 2 amide bonds. The van der Waals surface area contributed by atoms with Gasteiger partial charge in [-0.05, 0) is 49.4 Å². The third-order valence-electron chi connectivity index (χ3n) is 3.05. The zero-order chi connectivity index (χ0) is 17.7. The van der Waals surface area contributed by atoms with Crippen LogP contribution in [0.4, 0.5) is 11.4 Å². The lowest BCUT2D eigenvalue weighted by molar-refractivity contribution is -0.115. The normalized spacial score (nSPS) is 11.7. The molecular formula is C17H16Cl2N2O2S. The van der Waals surface area contributed by atoms with Gasteiger partial charge in [0.1, 0.15) is 0 Å². The fraction of sp³-hybridized carbons (Fsp3) is 0.176. The van der Waals surface area contributed by atoms with Crippen molar-refractivity contribution in [1.82, 2.24) is 0 Å². The molecule has 2 aromatic carbocycles. The molecule has 0 heterocycles. The number of halogens is 2. The fourth-order valence-corrected chi connectivity index (χ4v) is 3.23. The quantitative estimate of drug-likeness (QED) is 0.709. The molecule has 2 N–H and O–H groups in total. The second kappa shape index (κ2) is 8.42. The molecular weight excluding hydrogens is 367 g/mol. The van der Waals surface area contributed by atoms with E-state index in [1.165, 1.54) is 18.7 Å². The highest BCUT2D eigenvalue weighted by molar-refractivity contribution is 8.00. The van der Waals surface area contributed by atoms with Gasteiger partial charge < -0.3 is 10.6 Å². The number of carbonyl (C=O) groups excluding carboxylic acids is 2. The lowest BCUT2D eigenvalue weighted by Crippen LogP contribution is -2.22. The average molecular weight is 383 g/mol. The molecule has 126 valence electrons. The van der Waals surface area contributed by atoms with Crippen LogP contribution in [0.25, 0.3) is 0 Å². The van der Waals surface area contributed by atoms with E-state index in [4.69, 9.17) is 23.2 Å². The summed E-state index contributed by atoms with van der Waals surface area (Å²) in [5, 5.41) is 6.08. The van der Waals surface area contributed by atoms with Crippen LogP contribution in [0, 0.1) is 0 Å². The minimum absolute atomic E-state index is 0.122. The minimum atomic E-state index is -0.316. The summed E-state index contributed by atoms with van der Waals surface area (Å²) in [7, 11) is 0. The van der Waals surface area contributed by atoms with Crippen molar-refractivity contribution in [3.63, 3.8) is 0 Å².